The molecule has 0 fully saturated rings. The minimum Gasteiger partial charge on any atom is -0.493 e. The molecule has 2 aromatic rings. The van der Waals surface area contributed by atoms with E-state index >= 15 is 0 Å². The third-order valence-corrected chi connectivity index (χ3v) is 3.88. The number of aryl methyl sites for hydroxylation is 1. The lowest BCUT2D eigenvalue weighted by Crippen LogP contribution is -2.13. The normalized spacial score (nSPS) is 11.6. The minimum atomic E-state index is 0.00288. The van der Waals surface area contributed by atoms with Crippen molar-refractivity contribution in [2.24, 2.45) is 0 Å². The number of thioether (sulfide) groups is 1. The Balaban J connectivity index is 1.78. The van der Waals surface area contributed by atoms with E-state index in [4.69, 9.17) is 4.74 Å². The number of hydrogen-bond donors (Lipinski definition) is 1. The molecular formula is C16H23N3OS. The van der Waals surface area contributed by atoms with Gasteiger partial charge in [0.25, 0.3) is 0 Å². The second kappa shape index (κ2) is 6.98. The van der Waals surface area contributed by atoms with Crippen molar-refractivity contribution >= 4 is 11.8 Å². The molecule has 0 saturated carbocycles. The Morgan fingerprint density at radius 3 is 2.76 bits per heavy atom. The number of nitrogens with one attached hydrogen (secondary N) is 1. The van der Waals surface area contributed by atoms with E-state index in [-0.39, 0.29) is 5.41 Å². The fourth-order valence-electron chi connectivity index (χ4n) is 1.79. The highest BCUT2D eigenvalue weighted by Crippen LogP contribution is 2.21. The van der Waals surface area contributed by atoms with Crippen molar-refractivity contribution in [1.29, 1.82) is 0 Å². The van der Waals surface area contributed by atoms with E-state index < -0.39 is 0 Å². The first-order valence-corrected chi connectivity index (χ1v) is 8.25. The van der Waals surface area contributed by atoms with Gasteiger partial charge < -0.3 is 4.74 Å². The standard InChI is InChI=1S/C16H23N3OS/c1-5-12-7-6-8-13(11-12)20-9-10-21-15-17-14(18-19-15)16(2,3)4/h6-8,11H,5,9-10H2,1-4H3,(H,17,18,19). The van der Waals surface area contributed by atoms with Crippen LogP contribution in [0.1, 0.15) is 39.1 Å². The van der Waals surface area contributed by atoms with Crippen molar-refractivity contribution in [1.82, 2.24) is 15.2 Å². The maximum atomic E-state index is 5.76. The van der Waals surface area contributed by atoms with E-state index in [1.54, 1.807) is 11.8 Å². The smallest absolute Gasteiger partial charge is 0.208 e. The number of H-pyrrole nitrogens is 1. The summed E-state index contributed by atoms with van der Waals surface area (Å²) in [5, 5.41) is 8.01. The molecule has 0 atom stereocenters. The summed E-state index contributed by atoms with van der Waals surface area (Å²) in [7, 11) is 0. The first-order valence-electron chi connectivity index (χ1n) is 7.26. The Labute approximate surface area is 130 Å². The molecule has 1 N–H and O–H groups in total. The van der Waals surface area contributed by atoms with Crippen LogP contribution in [0, 0.1) is 0 Å². The number of aromatic amines is 1. The van der Waals surface area contributed by atoms with Gasteiger partial charge in [-0.15, -0.1) is 5.10 Å². The van der Waals surface area contributed by atoms with E-state index in [9.17, 15) is 0 Å². The molecule has 0 aliphatic rings. The van der Waals surface area contributed by atoms with E-state index in [0.717, 1.165) is 28.9 Å². The van der Waals surface area contributed by atoms with E-state index in [1.165, 1.54) is 5.56 Å². The second-order valence-corrected chi connectivity index (χ2v) is 6.98. The third-order valence-electron chi connectivity index (χ3n) is 3.07. The summed E-state index contributed by atoms with van der Waals surface area (Å²) in [4.78, 5) is 4.49. The van der Waals surface area contributed by atoms with Crippen molar-refractivity contribution in [3.8, 4) is 5.75 Å². The number of aromatic nitrogens is 3. The van der Waals surface area contributed by atoms with Crippen molar-refractivity contribution in [2.45, 2.75) is 44.7 Å². The highest BCUT2D eigenvalue weighted by Gasteiger charge is 2.18. The number of hydrogen-bond acceptors (Lipinski definition) is 4. The van der Waals surface area contributed by atoms with Crippen LogP contribution in [0.5, 0.6) is 5.75 Å². The van der Waals surface area contributed by atoms with Crippen molar-refractivity contribution in [3.05, 3.63) is 35.7 Å². The molecule has 4 nitrogen and oxygen atoms in total. The number of nitrogens with zero attached hydrogens (tertiary/aromatic N) is 2. The quantitative estimate of drug-likeness (QED) is 0.651. The first kappa shape index (κ1) is 15.9. The van der Waals surface area contributed by atoms with Gasteiger partial charge in [-0.3, -0.25) is 5.10 Å². The number of benzene rings is 1. The van der Waals surface area contributed by atoms with E-state index in [1.807, 2.05) is 12.1 Å². The molecule has 0 unspecified atom stereocenters. The summed E-state index contributed by atoms with van der Waals surface area (Å²) in [6, 6.07) is 8.24. The molecule has 1 heterocycles. The molecule has 1 aromatic carbocycles. The highest BCUT2D eigenvalue weighted by atomic mass is 32.2. The molecule has 0 amide bonds. The molecule has 0 aliphatic carbocycles. The fourth-order valence-corrected chi connectivity index (χ4v) is 2.41. The number of ether oxygens (including phenoxy) is 1. The van der Waals surface area contributed by atoms with Gasteiger partial charge in [0, 0.05) is 11.2 Å². The monoisotopic (exact) mass is 305 g/mol. The summed E-state index contributed by atoms with van der Waals surface area (Å²) in [5.41, 5.74) is 1.30. The van der Waals surface area contributed by atoms with Crippen LogP contribution in [0.2, 0.25) is 0 Å². The zero-order chi connectivity index (χ0) is 15.3. The van der Waals surface area contributed by atoms with Crippen LogP contribution in [0.3, 0.4) is 0 Å². The summed E-state index contributed by atoms with van der Waals surface area (Å²) in [6.07, 6.45) is 1.03. The molecule has 2 rings (SSSR count). The van der Waals surface area contributed by atoms with Gasteiger partial charge in [0.2, 0.25) is 5.16 Å². The van der Waals surface area contributed by atoms with Crippen LogP contribution in [0.4, 0.5) is 0 Å². The second-order valence-electron chi connectivity index (χ2n) is 5.91. The lowest BCUT2D eigenvalue weighted by Gasteiger charge is -2.12. The molecule has 21 heavy (non-hydrogen) atoms. The van der Waals surface area contributed by atoms with Gasteiger partial charge >= 0.3 is 0 Å². The van der Waals surface area contributed by atoms with Gasteiger partial charge in [0.05, 0.1) is 6.61 Å². The van der Waals surface area contributed by atoms with Crippen molar-refractivity contribution in [3.63, 3.8) is 0 Å². The Hall–Kier alpha value is -1.49. The van der Waals surface area contributed by atoms with Crippen LogP contribution >= 0.6 is 11.8 Å². The minimum absolute atomic E-state index is 0.00288. The fraction of sp³-hybridized carbons (Fsp3) is 0.500. The van der Waals surface area contributed by atoms with Gasteiger partial charge in [-0.25, -0.2) is 4.98 Å². The topological polar surface area (TPSA) is 50.8 Å². The Kier molecular flexibility index (Phi) is 5.28. The number of rotatable bonds is 6. The Morgan fingerprint density at radius 2 is 2.10 bits per heavy atom. The molecule has 0 spiro atoms. The van der Waals surface area contributed by atoms with Crippen molar-refractivity contribution < 1.29 is 4.74 Å². The molecule has 114 valence electrons. The molecule has 0 aliphatic heterocycles. The zero-order valence-corrected chi connectivity index (χ0v) is 14.0. The molecule has 0 saturated heterocycles. The predicted octanol–water partition coefficient (Wildman–Crippen LogP) is 3.84. The van der Waals surface area contributed by atoms with Gasteiger partial charge in [-0.05, 0) is 24.1 Å². The van der Waals surface area contributed by atoms with Crippen molar-refractivity contribution in [2.75, 3.05) is 12.4 Å². The Bertz CT molecular complexity index is 575. The predicted molar refractivity (Wildman–Crippen MR) is 87.1 cm³/mol. The maximum Gasteiger partial charge on any atom is 0.208 e. The van der Waals surface area contributed by atoms with Crippen LogP contribution < -0.4 is 4.74 Å². The molecular weight excluding hydrogens is 282 g/mol. The van der Waals surface area contributed by atoms with E-state index in [0.29, 0.717) is 6.61 Å². The first-order chi connectivity index (χ1) is 9.99. The summed E-state index contributed by atoms with van der Waals surface area (Å²) in [5.74, 6) is 2.68. The molecule has 5 heteroatoms. The molecule has 0 bridgehead atoms. The maximum absolute atomic E-state index is 5.76. The van der Waals surface area contributed by atoms with Gasteiger partial charge in [0.15, 0.2) is 0 Å². The Morgan fingerprint density at radius 1 is 1.29 bits per heavy atom. The van der Waals surface area contributed by atoms with E-state index in [2.05, 4.69) is 55.0 Å². The lowest BCUT2D eigenvalue weighted by atomic mass is 9.96. The summed E-state index contributed by atoms with van der Waals surface area (Å²) >= 11 is 1.61. The zero-order valence-electron chi connectivity index (χ0n) is 13.1. The molecule has 1 aromatic heterocycles. The largest absolute Gasteiger partial charge is 0.493 e. The van der Waals surface area contributed by atoms with Gasteiger partial charge in [0.1, 0.15) is 11.6 Å². The SMILES string of the molecule is CCc1cccc(OCCSc2n[nH]c(C(C)(C)C)n2)c1. The van der Waals surface area contributed by atoms with Crippen LogP contribution in [-0.4, -0.2) is 27.5 Å². The van der Waals surface area contributed by atoms with Crippen LogP contribution in [0.15, 0.2) is 29.4 Å². The lowest BCUT2D eigenvalue weighted by molar-refractivity contribution is 0.343. The third kappa shape index (κ3) is 4.77. The average molecular weight is 305 g/mol. The van der Waals surface area contributed by atoms with Gasteiger partial charge in [-0.2, -0.15) is 0 Å². The van der Waals surface area contributed by atoms with Crippen LogP contribution in [-0.2, 0) is 11.8 Å². The summed E-state index contributed by atoms with van der Waals surface area (Å²) in [6.45, 7) is 9.14. The molecule has 0 radical (unpaired) electrons. The highest BCUT2D eigenvalue weighted by molar-refractivity contribution is 7.99. The summed E-state index contributed by atoms with van der Waals surface area (Å²) < 4.78 is 5.76. The average Bonchev–Trinajstić information content (AvgIpc) is 2.93. The van der Waals surface area contributed by atoms with Crippen LogP contribution in [0.25, 0.3) is 0 Å². The van der Waals surface area contributed by atoms with Gasteiger partial charge in [-0.1, -0.05) is 51.6 Å².